The second kappa shape index (κ2) is 8.41. The molecule has 8 heteroatoms. The second-order valence-electron chi connectivity index (χ2n) is 5.36. The van der Waals surface area contributed by atoms with Crippen LogP contribution >= 0.6 is 27.7 Å². The van der Waals surface area contributed by atoms with E-state index in [-0.39, 0.29) is 5.75 Å². The van der Waals surface area contributed by atoms with Crippen molar-refractivity contribution in [3.05, 3.63) is 63.0 Å². The predicted octanol–water partition coefficient (Wildman–Crippen LogP) is 4.39. The Balaban J connectivity index is 1.87. The number of ether oxygens (including phenoxy) is 2. The van der Waals surface area contributed by atoms with Crippen LogP contribution in [0.5, 0.6) is 11.5 Å². The maximum atomic E-state index is 12.4. The quantitative estimate of drug-likeness (QED) is 0.415. The zero-order valence-corrected chi connectivity index (χ0v) is 16.6. The number of halogens is 1. The summed E-state index contributed by atoms with van der Waals surface area (Å²) in [5.74, 6) is -0.334. The molecule has 1 heterocycles. The Morgan fingerprint density at radius 2 is 1.96 bits per heavy atom. The van der Waals surface area contributed by atoms with E-state index in [2.05, 4.69) is 21.2 Å². The van der Waals surface area contributed by atoms with E-state index in [1.807, 2.05) is 6.92 Å². The number of carbonyl (C=O) groups is 3. The molecule has 0 bridgehead atoms. The summed E-state index contributed by atoms with van der Waals surface area (Å²) in [6, 6.07) is 11.9. The molecule has 0 saturated carbocycles. The first-order valence-electron chi connectivity index (χ1n) is 7.96. The van der Waals surface area contributed by atoms with Crippen LogP contribution in [-0.2, 0) is 4.79 Å². The molecule has 1 aliphatic heterocycles. The normalized spacial score (nSPS) is 15.0. The van der Waals surface area contributed by atoms with E-state index in [0.717, 1.165) is 11.8 Å². The Morgan fingerprint density at radius 1 is 1.19 bits per heavy atom. The van der Waals surface area contributed by atoms with Crippen molar-refractivity contribution in [2.45, 2.75) is 6.92 Å². The number of hydrogen-bond donors (Lipinski definition) is 1. The minimum atomic E-state index is -0.522. The number of hydrogen-bond acceptors (Lipinski definition) is 6. The van der Waals surface area contributed by atoms with Crippen molar-refractivity contribution in [1.29, 1.82) is 0 Å². The number of benzene rings is 2. The summed E-state index contributed by atoms with van der Waals surface area (Å²) in [4.78, 5) is 35.7. The fraction of sp³-hybridized carbons (Fsp3) is 0.105. The van der Waals surface area contributed by atoms with Crippen molar-refractivity contribution in [3.8, 4) is 11.5 Å². The maximum absolute atomic E-state index is 12.4. The molecule has 138 valence electrons. The summed E-state index contributed by atoms with van der Waals surface area (Å²) in [5, 5.41) is 1.79. The summed E-state index contributed by atoms with van der Waals surface area (Å²) in [6.07, 6.45) is 1.58. The van der Waals surface area contributed by atoms with Gasteiger partial charge in [0.2, 0.25) is 0 Å². The van der Waals surface area contributed by atoms with Gasteiger partial charge in [0, 0.05) is 4.47 Å². The highest BCUT2D eigenvalue weighted by Crippen LogP contribution is 2.32. The van der Waals surface area contributed by atoms with Crippen molar-refractivity contribution in [1.82, 2.24) is 5.32 Å². The lowest BCUT2D eigenvalue weighted by atomic mass is 10.1. The van der Waals surface area contributed by atoms with Gasteiger partial charge in [-0.25, -0.2) is 4.79 Å². The Labute approximate surface area is 168 Å². The summed E-state index contributed by atoms with van der Waals surface area (Å²) >= 11 is 4.15. The van der Waals surface area contributed by atoms with E-state index in [4.69, 9.17) is 9.47 Å². The molecule has 0 spiro atoms. The molecule has 1 saturated heterocycles. The fourth-order valence-electron chi connectivity index (χ4n) is 2.32. The van der Waals surface area contributed by atoms with Crippen LogP contribution in [-0.4, -0.2) is 23.7 Å². The molecule has 0 atom stereocenters. The molecule has 6 nitrogen and oxygen atoms in total. The van der Waals surface area contributed by atoms with Crippen molar-refractivity contribution in [3.63, 3.8) is 0 Å². The highest BCUT2D eigenvalue weighted by molar-refractivity contribution is 9.10. The van der Waals surface area contributed by atoms with Gasteiger partial charge in [-0.15, -0.1) is 0 Å². The Morgan fingerprint density at radius 3 is 2.63 bits per heavy atom. The van der Waals surface area contributed by atoms with Gasteiger partial charge in [-0.2, -0.15) is 0 Å². The van der Waals surface area contributed by atoms with Crippen LogP contribution in [0, 0.1) is 0 Å². The van der Waals surface area contributed by atoms with Gasteiger partial charge in [-0.05, 0) is 70.5 Å². The van der Waals surface area contributed by atoms with E-state index < -0.39 is 17.1 Å². The van der Waals surface area contributed by atoms with Gasteiger partial charge in [-0.1, -0.05) is 18.2 Å². The van der Waals surface area contributed by atoms with Crippen LogP contribution in [0.3, 0.4) is 0 Å². The SMILES string of the molecule is CCOc1cc(/C=C2/SC(=O)NC2=O)ccc1OC(=O)c1ccccc1Br. The maximum Gasteiger partial charge on any atom is 0.344 e. The predicted molar refractivity (Wildman–Crippen MR) is 106 cm³/mol. The summed E-state index contributed by atoms with van der Waals surface area (Å²) in [5.41, 5.74) is 1.04. The molecular weight excluding hydrogens is 434 g/mol. The highest BCUT2D eigenvalue weighted by Gasteiger charge is 2.25. The molecule has 1 N–H and O–H groups in total. The van der Waals surface area contributed by atoms with Crippen LogP contribution in [0.1, 0.15) is 22.8 Å². The average molecular weight is 448 g/mol. The highest BCUT2D eigenvalue weighted by atomic mass is 79.9. The van der Waals surface area contributed by atoms with Gasteiger partial charge in [-0.3, -0.25) is 14.9 Å². The number of nitrogens with one attached hydrogen (secondary N) is 1. The number of rotatable bonds is 5. The third kappa shape index (κ3) is 4.58. The van der Waals surface area contributed by atoms with Crippen LogP contribution in [0.4, 0.5) is 4.79 Å². The monoisotopic (exact) mass is 447 g/mol. The zero-order valence-electron chi connectivity index (χ0n) is 14.2. The molecule has 27 heavy (non-hydrogen) atoms. The van der Waals surface area contributed by atoms with Crippen molar-refractivity contribution >= 4 is 50.9 Å². The average Bonchev–Trinajstić information content (AvgIpc) is 2.95. The lowest BCUT2D eigenvalue weighted by Crippen LogP contribution is -2.17. The molecule has 0 unspecified atom stereocenters. The molecule has 0 aromatic heterocycles. The molecular formula is C19H14BrNO5S. The third-order valence-electron chi connectivity index (χ3n) is 3.50. The zero-order chi connectivity index (χ0) is 19.4. The van der Waals surface area contributed by atoms with Crippen LogP contribution < -0.4 is 14.8 Å². The molecule has 1 fully saturated rings. The molecule has 1 aliphatic rings. The first-order valence-corrected chi connectivity index (χ1v) is 9.57. The van der Waals surface area contributed by atoms with Crippen molar-refractivity contribution in [2.75, 3.05) is 6.61 Å². The second-order valence-corrected chi connectivity index (χ2v) is 7.23. The van der Waals surface area contributed by atoms with Gasteiger partial charge < -0.3 is 9.47 Å². The minimum Gasteiger partial charge on any atom is -0.490 e. The summed E-state index contributed by atoms with van der Waals surface area (Å²) in [7, 11) is 0. The van der Waals surface area contributed by atoms with E-state index in [9.17, 15) is 14.4 Å². The summed E-state index contributed by atoms with van der Waals surface area (Å²) in [6.45, 7) is 2.18. The first-order chi connectivity index (χ1) is 13.0. The molecule has 0 aliphatic carbocycles. The smallest absolute Gasteiger partial charge is 0.344 e. The molecule has 2 aromatic rings. The van der Waals surface area contributed by atoms with Gasteiger partial charge in [0.05, 0.1) is 17.1 Å². The Bertz CT molecular complexity index is 957. The lowest BCUT2D eigenvalue weighted by molar-refractivity contribution is -0.115. The fourth-order valence-corrected chi connectivity index (χ4v) is 3.45. The number of thioether (sulfide) groups is 1. The molecule has 2 amide bonds. The third-order valence-corrected chi connectivity index (χ3v) is 5.01. The van der Waals surface area contributed by atoms with Gasteiger partial charge >= 0.3 is 5.97 Å². The number of carbonyl (C=O) groups excluding carboxylic acids is 3. The molecule has 2 aromatic carbocycles. The molecule has 3 rings (SSSR count). The van der Waals surface area contributed by atoms with Crippen molar-refractivity contribution in [2.24, 2.45) is 0 Å². The topological polar surface area (TPSA) is 81.7 Å². The number of amides is 2. The molecule has 0 radical (unpaired) electrons. The van der Waals surface area contributed by atoms with E-state index >= 15 is 0 Å². The van der Waals surface area contributed by atoms with Crippen LogP contribution in [0.2, 0.25) is 0 Å². The number of esters is 1. The summed E-state index contributed by atoms with van der Waals surface area (Å²) < 4.78 is 11.7. The van der Waals surface area contributed by atoms with Crippen LogP contribution in [0.15, 0.2) is 51.8 Å². The Kier molecular flexibility index (Phi) is 5.98. The Hall–Kier alpha value is -2.58. The minimum absolute atomic E-state index is 0.263. The van der Waals surface area contributed by atoms with Gasteiger partial charge in [0.1, 0.15) is 0 Å². The van der Waals surface area contributed by atoms with E-state index in [1.54, 1.807) is 48.5 Å². The van der Waals surface area contributed by atoms with E-state index in [1.165, 1.54) is 0 Å². The van der Waals surface area contributed by atoms with E-state index in [0.29, 0.717) is 32.9 Å². The standard InChI is InChI=1S/C19H14BrNO5S/c1-2-25-15-9-11(10-16-17(22)21-19(24)27-16)7-8-14(15)26-18(23)12-5-3-4-6-13(12)20/h3-10H,2H2,1H3,(H,21,22,24)/b16-10+. The van der Waals surface area contributed by atoms with Crippen LogP contribution in [0.25, 0.3) is 6.08 Å². The number of imide groups is 1. The lowest BCUT2D eigenvalue weighted by Gasteiger charge is -2.12. The van der Waals surface area contributed by atoms with Gasteiger partial charge in [0.15, 0.2) is 11.5 Å². The first kappa shape index (κ1) is 19.2. The van der Waals surface area contributed by atoms with Gasteiger partial charge in [0.25, 0.3) is 11.1 Å². The van der Waals surface area contributed by atoms with Crippen molar-refractivity contribution < 1.29 is 23.9 Å². The largest absolute Gasteiger partial charge is 0.490 e.